The van der Waals surface area contributed by atoms with Gasteiger partial charge in [-0.05, 0) is 76.2 Å². The molecule has 0 spiro atoms. The first-order valence-electron chi connectivity index (χ1n) is 13.1. The number of H-pyrrole nitrogens is 1. The number of aromatic nitrogens is 2. The van der Waals surface area contributed by atoms with Gasteiger partial charge in [0.05, 0.1) is 0 Å². The molecule has 0 bridgehead atoms. The first-order valence-corrected chi connectivity index (χ1v) is 13.1. The monoisotopic (exact) mass is 535 g/mol. The van der Waals surface area contributed by atoms with Gasteiger partial charge in [0.2, 0.25) is 5.60 Å². The third-order valence-electron chi connectivity index (χ3n) is 7.80. The molecule has 0 radical (unpaired) electrons. The van der Waals surface area contributed by atoms with Gasteiger partial charge in [0.25, 0.3) is 17.4 Å². The highest BCUT2D eigenvalue weighted by Crippen LogP contribution is 2.41. The SMILES string of the molecule is Cc1cc(F)cc(C)c1OC1(c2cn(C)c(=O)c3[nH]c(C(=O)NC4CCN(C)CC4)cc23)CC=CN(C)C1=O. The maximum atomic E-state index is 14.1. The number of aromatic amines is 1. The van der Waals surface area contributed by atoms with E-state index >= 15 is 0 Å². The van der Waals surface area contributed by atoms with E-state index < -0.39 is 11.4 Å². The van der Waals surface area contributed by atoms with Crippen LogP contribution in [-0.2, 0) is 17.4 Å². The van der Waals surface area contributed by atoms with E-state index in [1.165, 1.54) is 21.6 Å². The molecule has 0 saturated carbocycles. The summed E-state index contributed by atoms with van der Waals surface area (Å²) in [6, 6.07) is 4.39. The highest BCUT2D eigenvalue weighted by atomic mass is 19.1. The van der Waals surface area contributed by atoms with Crippen molar-refractivity contribution in [2.75, 3.05) is 27.2 Å². The van der Waals surface area contributed by atoms with Crippen LogP contribution in [0.15, 0.2) is 41.5 Å². The molecule has 0 aliphatic carbocycles. The van der Waals surface area contributed by atoms with Crippen molar-refractivity contribution in [2.24, 2.45) is 7.05 Å². The number of rotatable bonds is 5. The molecular weight excluding hydrogens is 501 g/mol. The number of piperidine rings is 1. The molecule has 5 rings (SSSR count). The van der Waals surface area contributed by atoms with Crippen molar-refractivity contribution in [1.82, 2.24) is 24.7 Å². The molecule has 2 amide bonds. The summed E-state index contributed by atoms with van der Waals surface area (Å²) in [5.74, 6) is -0.646. The fourth-order valence-corrected chi connectivity index (χ4v) is 5.61. The van der Waals surface area contributed by atoms with Gasteiger partial charge in [-0.2, -0.15) is 0 Å². The standard InChI is InChI=1S/C29H34FN5O4/c1-17-13-19(30)14-18(2)25(17)39-29(9-6-10-34(4)28(29)38)22-16-35(5)27(37)24-21(22)15-23(32-24)26(36)31-20-7-11-33(3)12-8-20/h6,10,13-16,20,32H,7-9,11-12H2,1-5H3,(H,31,36). The number of ether oxygens (including phenoxy) is 1. The zero-order valence-electron chi connectivity index (χ0n) is 22.9. The van der Waals surface area contributed by atoms with Crippen LogP contribution in [0.5, 0.6) is 5.75 Å². The van der Waals surface area contributed by atoms with Gasteiger partial charge >= 0.3 is 0 Å². The second-order valence-electron chi connectivity index (χ2n) is 10.8. The van der Waals surface area contributed by atoms with E-state index in [4.69, 9.17) is 4.74 Å². The second-order valence-corrected chi connectivity index (χ2v) is 10.8. The number of benzene rings is 1. The Hall–Kier alpha value is -3.92. The van der Waals surface area contributed by atoms with E-state index in [1.807, 2.05) is 6.08 Å². The molecule has 1 unspecified atom stereocenters. The highest BCUT2D eigenvalue weighted by molar-refractivity contribution is 6.01. The number of nitrogens with zero attached hydrogens (tertiary/aromatic N) is 3. The quantitative estimate of drug-likeness (QED) is 0.523. The van der Waals surface area contributed by atoms with Gasteiger partial charge in [0.15, 0.2) is 0 Å². The van der Waals surface area contributed by atoms with Crippen LogP contribution in [0.4, 0.5) is 4.39 Å². The highest BCUT2D eigenvalue weighted by Gasteiger charge is 2.48. The number of carbonyl (C=O) groups excluding carboxylic acids is 2. The van der Waals surface area contributed by atoms with Crippen molar-refractivity contribution in [3.63, 3.8) is 0 Å². The molecule has 1 saturated heterocycles. The first-order chi connectivity index (χ1) is 18.5. The number of hydrogen-bond donors (Lipinski definition) is 2. The van der Waals surface area contributed by atoms with Crippen LogP contribution in [0.2, 0.25) is 0 Å². The van der Waals surface area contributed by atoms with Gasteiger partial charge in [-0.3, -0.25) is 14.4 Å². The minimum atomic E-state index is -1.55. The summed E-state index contributed by atoms with van der Waals surface area (Å²) in [5.41, 5.74) is 0.108. The Morgan fingerprint density at radius 2 is 1.77 bits per heavy atom. The first kappa shape index (κ1) is 26.7. The minimum absolute atomic E-state index is 0.0419. The molecule has 39 heavy (non-hydrogen) atoms. The molecule has 2 aliphatic rings. The third kappa shape index (κ3) is 4.73. The smallest absolute Gasteiger partial charge is 0.275 e. The summed E-state index contributed by atoms with van der Waals surface area (Å²) in [5, 5.41) is 3.51. The normalized spacial score (nSPS) is 20.6. The van der Waals surface area contributed by atoms with E-state index in [-0.39, 0.29) is 41.0 Å². The number of pyridine rings is 1. The number of hydrogen-bond acceptors (Lipinski definition) is 5. The summed E-state index contributed by atoms with van der Waals surface area (Å²) in [4.78, 5) is 47.0. The average molecular weight is 536 g/mol. The molecule has 1 aromatic carbocycles. The third-order valence-corrected chi connectivity index (χ3v) is 7.80. The average Bonchev–Trinajstić information content (AvgIpc) is 3.34. The van der Waals surface area contributed by atoms with Crippen molar-refractivity contribution >= 4 is 22.7 Å². The van der Waals surface area contributed by atoms with Crippen LogP contribution < -0.4 is 15.6 Å². The molecule has 10 heteroatoms. The summed E-state index contributed by atoms with van der Waals surface area (Å²) < 4.78 is 22.1. The second kappa shape index (κ2) is 10.00. The van der Waals surface area contributed by atoms with Crippen molar-refractivity contribution in [3.8, 4) is 5.75 Å². The van der Waals surface area contributed by atoms with Crippen molar-refractivity contribution in [2.45, 2.75) is 44.8 Å². The predicted octanol–water partition coefficient (Wildman–Crippen LogP) is 3.10. The Morgan fingerprint density at radius 3 is 2.44 bits per heavy atom. The van der Waals surface area contributed by atoms with Gasteiger partial charge in [-0.1, -0.05) is 6.08 Å². The number of fused-ring (bicyclic) bond motifs is 1. The molecule has 2 aromatic heterocycles. The van der Waals surface area contributed by atoms with Crippen molar-refractivity contribution in [1.29, 1.82) is 0 Å². The number of halogens is 1. The van der Waals surface area contributed by atoms with Gasteiger partial charge in [0.1, 0.15) is 22.8 Å². The number of carbonyl (C=O) groups is 2. The molecule has 2 N–H and O–H groups in total. The number of amides is 2. The van der Waals surface area contributed by atoms with E-state index in [1.54, 1.807) is 46.4 Å². The topological polar surface area (TPSA) is 99.7 Å². The van der Waals surface area contributed by atoms with E-state index in [0.717, 1.165) is 25.9 Å². The maximum Gasteiger partial charge on any atom is 0.275 e. The van der Waals surface area contributed by atoms with Crippen LogP contribution in [0.3, 0.4) is 0 Å². The Bertz CT molecular complexity index is 1530. The van der Waals surface area contributed by atoms with Crippen LogP contribution in [-0.4, -0.2) is 64.4 Å². The molecule has 3 aromatic rings. The van der Waals surface area contributed by atoms with Gasteiger partial charge < -0.3 is 29.4 Å². The molecule has 1 fully saturated rings. The van der Waals surface area contributed by atoms with E-state index in [2.05, 4.69) is 22.2 Å². The molecular formula is C29H34FN5O4. The van der Waals surface area contributed by atoms with Crippen LogP contribution in [0, 0.1) is 19.7 Å². The molecule has 2 aliphatic heterocycles. The summed E-state index contributed by atoms with van der Waals surface area (Å²) in [7, 11) is 5.29. The lowest BCUT2D eigenvalue weighted by atomic mass is 9.85. The minimum Gasteiger partial charge on any atom is -0.472 e. The Morgan fingerprint density at radius 1 is 1.10 bits per heavy atom. The van der Waals surface area contributed by atoms with Gasteiger partial charge in [-0.25, -0.2) is 4.39 Å². The van der Waals surface area contributed by atoms with Crippen molar-refractivity contribution in [3.05, 3.63) is 75.2 Å². The van der Waals surface area contributed by atoms with Gasteiger partial charge in [0, 0.05) is 49.9 Å². The lowest BCUT2D eigenvalue weighted by molar-refractivity contribution is -0.146. The summed E-state index contributed by atoms with van der Waals surface area (Å²) in [6.45, 7) is 5.25. The fraction of sp³-hybridized carbons (Fsp3) is 0.414. The Kier molecular flexibility index (Phi) is 6.84. The number of aryl methyl sites for hydroxylation is 3. The molecule has 9 nitrogen and oxygen atoms in total. The van der Waals surface area contributed by atoms with Crippen LogP contribution >= 0.6 is 0 Å². The van der Waals surface area contributed by atoms with E-state index in [0.29, 0.717) is 27.8 Å². The van der Waals surface area contributed by atoms with Crippen LogP contribution in [0.25, 0.3) is 10.9 Å². The number of nitrogens with one attached hydrogen (secondary N) is 2. The maximum absolute atomic E-state index is 14.1. The lowest BCUT2D eigenvalue weighted by Crippen LogP contribution is -2.50. The molecule has 206 valence electrons. The molecule has 4 heterocycles. The summed E-state index contributed by atoms with van der Waals surface area (Å²) in [6.07, 6.45) is 6.96. The Labute approximate surface area is 226 Å². The fourth-order valence-electron chi connectivity index (χ4n) is 5.61. The van der Waals surface area contributed by atoms with Crippen LogP contribution in [0.1, 0.15) is 46.4 Å². The van der Waals surface area contributed by atoms with E-state index in [9.17, 15) is 18.8 Å². The zero-order valence-corrected chi connectivity index (χ0v) is 22.9. The Balaban J connectivity index is 1.64. The lowest BCUT2D eigenvalue weighted by Gasteiger charge is -2.38. The largest absolute Gasteiger partial charge is 0.472 e. The predicted molar refractivity (Wildman–Crippen MR) is 146 cm³/mol. The van der Waals surface area contributed by atoms with Crippen molar-refractivity contribution < 1.29 is 18.7 Å². The number of likely N-dealkylation sites (tertiary alicyclic amines) is 1. The number of likely N-dealkylation sites (N-methyl/N-ethyl adjacent to an activating group) is 1. The molecule has 1 atom stereocenters. The summed E-state index contributed by atoms with van der Waals surface area (Å²) >= 11 is 0. The van der Waals surface area contributed by atoms with Gasteiger partial charge in [-0.15, -0.1) is 0 Å². The zero-order chi connectivity index (χ0) is 28.1.